The third kappa shape index (κ3) is 4.25. The quantitative estimate of drug-likeness (QED) is 0.593. The first kappa shape index (κ1) is 17.3. The van der Waals surface area contributed by atoms with Gasteiger partial charge in [0.05, 0.1) is 0 Å². The summed E-state index contributed by atoms with van der Waals surface area (Å²) in [4.78, 5) is 26.5. The van der Waals surface area contributed by atoms with E-state index in [4.69, 9.17) is 0 Å². The summed E-state index contributed by atoms with van der Waals surface area (Å²) < 4.78 is 26.0. The highest BCUT2D eigenvalue weighted by molar-refractivity contribution is 6.13. The Morgan fingerprint density at radius 1 is 1.17 bits per heavy atom. The van der Waals surface area contributed by atoms with Crippen LogP contribution in [0.2, 0.25) is 0 Å². The zero-order valence-electron chi connectivity index (χ0n) is 13.3. The monoisotopic (exact) mass is 325 g/mol. The number of amides is 2. The third-order valence-electron chi connectivity index (χ3n) is 3.86. The maximum atomic E-state index is 13.2. The number of nitrogens with one attached hydrogen (secondary N) is 2. The Labute approximate surface area is 134 Å². The zero-order chi connectivity index (χ0) is 17.0. The molecule has 0 bridgehead atoms. The fourth-order valence-electron chi connectivity index (χ4n) is 2.27. The van der Waals surface area contributed by atoms with Crippen molar-refractivity contribution >= 4 is 17.5 Å². The summed E-state index contributed by atoms with van der Waals surface area (Å²) >= 11 is 0. The van der Waals surface area contributed by atoms with Gasteiger partial charge >= 0.3 is 0 Å². The van der Waals surface area contributed by atoms with Crippen molar-refractivity contribution < 1.29 is 18.4 Å². The van der Waals surface area contributed by atoms with Crippen molar-refractivity contribution in [2.45, 2.75) is 19.3 Å². The average molecular weight is 325 g/mol. The summed E-state index contributed by atoms with van der Waals surface area (Å²) in [7, 11) is 3.89. The number of carbonyl (C=O) groups is 2. The first-order valence-corrected chi connectivity index (χ1v) is 7.55. The molecule has 0 aromatic heterocycles. The molecule has 1 aromatic carbocycles. The molecule has 0 atom stereocenters. The van der Waals surface area contributed by atoms with Crippen molar-refractivity contribution in [2.75, 3.05) is 32.5 Å². The summed E-state index contributed by atoms with van der Waals surface area (Å²) in [5.74, 6) is -2.81. The molecule has 23 heavy (non-hydrogen) atoms. The number of halogens is 2. The van der Waals surface area contributed by atoms with Gasteiger partial charge in [0.25, 0.3) is 0 Å². The van der Waals surface area contributed by atoms with Gasteiger partial charge in [0.2, 0.25) is 11.8 Å². The van der Waals surface area contributed by atoms with Crippen LogP contribution >= 0.6 is 0 Å². The van der Waals surface area contributed by atoms with Gasteiger partial charge in [-0.25, -0.2) is 8.78 Å². The van der Waals surface area contributed by atoms with Crippen molar-refractivity contribution in [2.24, 2.45) is 5.41 Å². The molecule has 0 radical (unpaired) electrons. The molecule has 0 aliphatic heterocycles. The van der Waals surface area contributed by atoms with E-state index in [1.165, 1.54) is 6.07 Å². The topological polar surface area (TPSA) is 61.4 Å². The predicted molar refractivity (Wildman–Crippen MR) is 82.8 cm³/mol. The van der Waals surface area contributed by atoms with Crippen LogP contribution < -0.4 is 10.6 Å². The third-order valence-corrected chi connectivity index (χ3v) is 3.86. The van der Waals surface area contributed by atoms with Crippen molar-refractivity contribution in [3.63, 3.8) is 0 Å². The van der Waals surface area contributed by atoms with Crippen LogP contribution in [0.3, 0.4) is 0 Å². The lowest BCUT2D eigenvalue weighted by Gasteiger charge is -2.16. The standard InChI is InChI=1S/C16H21F2N3O2/c1-21(2)9-3-8-19-14(22)16(6-7-16)15(23)20-11-4-5-12(17)13(18)10-11/h4-5,10H,3,6-9H2,1-2H3,(H,19,22)(H,20,23). The first-order chi connectivity index (χ1) is 10.8. The Kier molecular flexibility index (Phi) is 5.30. The molecule has 5 nitrogen and oxygen atoms in total. The fourth-order valence-corrected chi connectivity index (χ4v) is 2.27. The summed E-state index contributed by atoms with van der Waals surface area (Å²) in [5, 5.41) is 5.26. The van der Waals surface area contributed by atoms with E-state index in [9.17, 15) is 18.4 Å². The van der Waals surface area contributed by atoms with E-state index in [1.807, 2.05) is 19.0 Å². The highest BCUT2D eigenvalue weighted by Gasteiger charge is 2.56. The molecule has 7 heteroatoms. The Hall–Kier alpha value is -2.02. The van der Waals surface area contributed by atoms with Gasteiger partial charge in [-0.3, -0.25) is 9.59 Å². The number of carbonyl (C=O) groups excluding carboxylic acids is 2. The summed E-state index contributed by atoms with van der Waals surface area (Å²) in [6.07, 6.45) is 1.71. The molecule has 0 saturated heterocycles. The average Bonchev–Trinajstić information content (AvgIpc) is 3.29. The zero-order valence-corrected chi connectivity index (χ0v) is 13.3. The minimum atomic E-state index is -1.08. The first-order valence-electron chi connectivity index (χ1n) is 7.55. The van der Waals surface area contributed by atoms with Crippen molar-refractivity contribution in [3.05, 3.63) is 29.8 Å². The minimum absolute atomic E-state index is 0.139. The minimum Gasteiger partial charge on any atom is -0.355 e. The fraction of sp³-hybridized carbons (Fsp3) is 0.500. The van der Waals surface area contributed by atoms with Crippen molar-refractivity contribution in [1.82, 2.24) is 10.2 Å². The maximum absolute atomic E-state index is 13.2. The van der Waals surface area contributed by atoms with Crippen LogP contribution in [0.4, 0.5) is 14.5 Å². The number of hydrogen-bond donors (Lipinski definition) is 2. The molecule has 2 N–H and O–H groups in total. The number of benzene rings is 1. The van der Waals surface area contributed by atoms with Crippen LogP contribution in [-0.2, 0) is 9.59 Å². The van der Waals surface area contributed by atoms with Gasteiger partial charge < -0.3 is 15.5 Å². The molecule has 1 fully saturated rings. The molecule has 1 aliphatic carbocycles. The van der Waals surface area contributed by atoms with E-state index >= 15 is 0 Å². The van der Waals surface area contributed by atoms with Gasteiger partial charge in [0.1, 0.15) is 5.41 Å². The lowest BCUT2D eigenvalue weighted by atomic mass is 10.0. The van der Waals surface area contributed by atoms with E-state index in [-0.39, 0.29) is 11.6 Å². The van der Waals surface area contributed by atoms with Crippen molar-refractivity contribution in [3.8, 4) is 0 Å². The van der Waals surface area contributed by atoms with Gasteiger partial charge in [-0.2, -0.15) is 0 Å². The Balaban J connectivity index is 1.90. The molecule has 1 aliphatic rings. The smallest absolute Gasteiger partial charge is 0.240 e. The van der Waals surface area contributed by atoms with E-state index in [0.717, 1.165) is 25.1 Å². The number of anilines is 1. The van der Waals surface area contributed by atoms with Gasteiger partial charge in [0.15, 0.2) is 11.6 Å². The van der Waals surface area contributed by atoms with Crippen LogP contribution in [0.5, 0.6) is 0 Å². The molecule has 2 rings (SSSR count). The second-order valence-corrected chi connectivity index (χ2v) is 6.08. The van der Waals surface area contributed by atoms with Crippen LogP contribution in [0.1, 0.15) is 19.3 Å². The SMILES string of the molecule is CN(C)CCCNC(=O)C1(C(=O)Nc2ccc(F)c(F)c2)CC1. The number of hydrogen-bond acceptors (Lipinski definition) is 3. The number of nitrogens with zero attached hydrogens (tertiary/aromatic N) is 1. The second kappa shape index (κ2) is 7.04. The summed E-state index contributed by atoms with van der Waals surface area (Å²) in [6, 6.07) is 3.10. The van der Waals surface area contributed by atoms with Crippen LogP contribution in [0.25, 0.3) is 0 Å². The number of rotatable bonds is 7. The van der Waals surface area contributed by atoms with Gasteiger partial charge in [0, 0.05) is 18.3 Å². The lowest BCUT2D eigenvalue weighted by molar-refractivity contribution is -0.134. The Morgan fingerprint density at radius 2 is 1.87 bits per heavy atom. The normalized spacial score (nSPS) is 15.3. The lowest BCUT2D eigenvalue weighted by Crippen LogP contribution is -2.40. The molecule has 1 saturated carbocycles. The predicted octanol–water partition coefficient (Wildman–Crippen LogP) is 1.75. The van der Waals surface area contributed by atoms with Crippen LogP contribution in [-0.4, -0.2) is 43.9 Å². The summed E-state index contributed by atoms with van der Waals surface area (Å²) in [6.45, 7) is 1.34. The Bertz CT molecular complexity index is 601. The molecule has 1 aromatic rings. The maximum Gasteiger partial charge on any atom is 0.240 e. The molecule has 0 spiro atoms. The van der Waals surface area contributed by atoms with Gasteiger partial charge in [-0.05, 0) is 52.0 Å². The van der Waals surface area contributed by atoms with E-state index in [0.29, 0.717) is 19.4 Å². The molecular formula is C16H21F2N3O2. The highest BCUT2D eigenvalue weighted by Crippen LogP contribution is 2.46. The molecule has 0 unspecified atom stereocenters. The van der Waals surface area contributed by atoms with Crippen molar-refractivity contribution in [1.29, 1.82) is 0 Å². The van der Waals surface area contributed by atoms with Crippen LogP contribution in [0, 0.1) is 17.0 Å². The van der Waals surface area contributed by atoms with Gasteiger partial charge in [-0.1, -0.05) is 0 Å². The van der Waals surface area contributed by atoms with Gasteiger partial charge in [-0.15, -0.1) is 0 Å². The summed E-state index contributed by atoms with van der Waals surface area (Å²) in [5.41, 5.74) is -0.941. The highest BCUT2D eigenvalue weighted by atomic mass is 19.2. The van der Waals surface area contributed by atoms with Crippen LogP contribution in [0.15, 0.2) is 18.2 Å². The molecule has 126 valence electrons. The second-order valence-electron chi connectivity index (χ2n) is 6.08. The Morgan fingerprint density at radius 3 is 2.43 bits per heavy atom. The molecule has 0 heterocycles. The molecule has 2 amide bonds. The largest absolute Gasteiger partial charge is 0.355 e. The molecular weight excluding hydrogens is 304 g/mol. The van der Waals surface area contributed by atoms with E-state index in [2.05, 4.69) is 10.6 Å². The van der Waals surface area contributed by atoms with E-state index in [1.54, 1.807) is 0 Å². The van der Waals surface area contributed by atoms with E-state index < -0.39 is 23.0 Å².